The van der Waals surface area contributed by atoms with Gasteiger partial charge in [-0.15, -0.1) is 0 Å². The molecule has 1 heterocycles. The van der Waals surface area contributed by atoms with Crippen LogP contribution in [0.5, 0.6) is 0 Å². The summed E-state index contributed by atoms with van der Waals surface area (Å²) in [5.74, 6) is -0.0273. The van der Waals surface area contributed by atoms with Gasteiger partial charge in [-0.3, -0.25) is 4.79 Å². The fraction of sp³-hybridized carbons (Fsp3) is 0.778. The molecule has 14 heavy (non-hydrogen) atoms. The molecule has 0 aliphatic carbocycles. The Balaban J connectivity index is 2.41. The summed E-state index contributed by atoms with van der Waals surface area (Å²) in [5, 5.41) is 2.82. The Morgan fingerprint density at radius 2 is 2.50 bits per heavy atom. The molecule has 5 heteroatoms. The molecular formula is C9H16N2O2S. The maximum absolute atomic E-state index is 11.6. The molecule has 0 bridgehead atoms. The van der Waals surface area contributed by atoms with Gasteiger partial charge in [-0.25, -0.2) is 0 Å². The average Bonchev–Trinajstić information content (AvgIpc) is 2.65. The number of nitrogens with two attached hydrogens (primary N) is 1. The van der Waals surface area contributed by atoms with E-state index in [2.05, 4.69) is 5.32 Å². The fourth-order valence-corrected chi connectivity index (χ4v) is 1.63. The second kappa shape index (κ2) is 5.26. The Labute approximate surface area is 89.2 Å². The Bertz CT molecular complexity index is 227. The van der Waals surface area contributed by atoms with E-state index in [-0.39, 0.29) is 17.9 Å². The summed E-state index contributed by atoms with van der Waals surface area (Å²) in [6.07, 6.45) is 1.52. The Morgan fingerprint density at radius 1 is 1.79 bits per heavy atom. The first-order valence-electron chi connectivity index (χ1n) is 4.82. The minimum atomic E-state index is -0.182. The predicted molar refractivity (Wildman–Crippen MR) is 57.9 cm³/mol. The highest BCUT2D eigenvalue weighted by atomic mass is 32.1. The maximum Gasteiger partial charge on any atom is 0.226 e. The first kappa shape index (κ1) is 11.4. The zero-order valence-corrected chi connectivity index (χ0v) is 9.10. The van der Waals surface area contributed by atoms with Crippen LogP contribution in [0, 0.1) is 5.92 Å². The zero-order chi connectivity index (χ0) is 10.6. The highest BCUT2D eigenvalue weighted by Crippen LogP contribution is 2.12. The molecular weight excluding hydrogens is 200 g/mol. The normalized spacial score (nSPS) is 23.1. The Kier molecular flexibility index (Phi) is 4.28. The van der Waals surface area contributed by atoms with Crippen LogP contribution >= 0.6 is 12.2 Å². The van der Waals surface area contributed by atoms with E-state index in [9.17, 15) is 4.79 Å². The molecule has 0 saturated carbocycles. The van der Waals surface area contributed by atoms with Crippen LogP contribution in [0.3, 0.4) is 0 Å². The van der Waals surface area contributed by atoms with Gasteiger partial charge < -0.3 is 15.8 Å². The number of nitrogens with one attached hydrogen (secondary N) is 1. The van der Waals surface area contributed by atoms with Crippen LogP contribution in [0.15, 0.2) is 0 Å². The molecule has 4 nitrogen and oxygen atoms in total. The Morgan fingerprint density at radius 3 is 2.93 bits per heavy atom. The summed E-state index contributed by atoms with van der Waals surface area (Å²) in [7, 11) is 0. The number of ether oxygens (including phenoxy) is 1. The van der Waals surface area contributed by atoms with Crippen molar-refractivity contribution >= 4 is 23.1 Å². The largest absolute Gasteiger partial charge is 0.392 e. The minimum absolute atomic E-state index is 0.00199. The lowest BCUT2D eigenvalue weighted by molar-refractivity contribution is -0.125. The van der Waals surface area contributed by atoms with Crippen molar-refractivity contribution in [1.29, 1.82) is 0 Å². The van der Waals surface area contributed by atoms with Gasteiger partial charge in [0.05, 0.1) is 23.6 Å². The molecule has 0 aromatic rings. The van der Waals surface area contributed by atoms with Crippen LogP contribution in [0.4, 0.5) is 0 Å². The molecule has 1 aliphatic rings. The smallest absolute Gasteiger partial charge is 0.226 e. The fourth-order valence-electron chi connectivity index (χ4n) is 1.41. The summed E-state index contributed by atoms with van der Waals surface area (Å²) < 4.78 is 5.13. The molecule has 1 fully saturated rings. The molecule has 0 aromatic carbocycles. The summed E-state index contributed by atoms with van der Waals surface area (Å²) in [5.41, 5.74) is 5.48. The van der Waals surface area contributed by atoms with Crippen molar-refractivity contribution in [2.75, 3.05) is 13.2 Å². The quantitative estimate of drug-likeness (QED) is 0.659. The number of carbonyl (C=O) groups excluding carboxylic acids is 1. The number of thiocarbonyl (C=S) groups is 1. The molecule has 1 aliphatic heterocycles. The summed E-state index contributed by atoms with van der Waals surface area (Å²) in [6.45, 7) is 3.12. The third kappa shape index (κ3) is 2.92. The second-order valence-electron chi connectivity index (χ2n) is 3.43. The van der Waals surface area contributed by atoms with Crippen molar-refractivity contribution in [3.05, 3.63) is 0 Å². The van der Waals surface area contributed by atoms with E-state index in [0.29, 0.717) is 18.2 Å². The lowest BCUT2D eigenvalue weighted by Gasteiger charge is -2.17. The lowest BCUT2D eigenvalue weighted by atomic mass is 10.1. The van der Waals surface area contributed by atoms with Crippen LogP contribution in [0.2, 0.25) is 0 Å². The van der Waals surface area contributed by atoms with E-state index in [0.717, 1.165) is 12.8 Å². The maximum atomic E-state index is 11.6. The van der Waals surface area contributed by atoms with E-state index < -0.39 is 0 Å². The van der Waals surface area contributed by atoms with Crippen molar-refractivity contribution in [3.8, 4) is 0 Å². The van der Waals surface area contributed by atoms with Crippen molar-refractivity contribution in [2.24, 2.45) is 11.7 Å². The van der Waals surface area contributed by atoms with Gasteiger partial charge in [-0.2, -0.15) is 0 Å². The minimum Gasteiger partial charge on any atom is -0.392 e. The SMILES string of the molecule is CCC(NC(=O)C1CCOC1)C(N)=S. The standard InChI is InChI=1S/C9H16N2O2S/c1-2-7(8(10)14)11-9(12)6-3-4-13-5-6/h6-7H,2-5H2,1H3,(H2,10,14)(H,11,12). The predicted octanol–water partition coefficient (Wildman–Crippen LogP) is 0.204. The first-order valence-corrected chi connectivity index (χ1v) is 5.23. The van der Waals surface area contributed by atoms with E-state index in [1.165, 1.54) is 0 Å². The molecule has 1 rings (SSSR count). The molecule has 2 atom stereocenters. The first-order chi connectivity index (χ1) is 6.65. The molecule has 1 amide bonds. The highest BCUT2D eigenvalue weighted by molar-refractivity contribution is 7.80. The zero-order valence-electron chi connectivity index (χ0n) is 8.29. The topological polar surface area (TPSA) is 64.3 Å². The number of hydrogen-bond acceptors (Lipinski definition) is 3. The van der Waals surface area contributed by atoms with Crippen LogP contribution in [0.1, 0.15) is 19.8 Å². The van der Waals surface area contributed by atoms with Gasteiger partial charge in [0.2, 0.25) is 5.91 Å². The van der Waals surface area contributed by atoms with Crippen molar-refractivity contribution in [2.45, 2.75) is 25.8 Å². The van der Waals surface area contributed by atoms with Gasteiger partial charge in [-0.1, -0.05) is 19.1 Å². The van der Waals surface area contributed by atoms with Crippen molar-refractivity contribution in [1.82, 2.24) is 5.32 Å². The van der Waals surface area contributed by atoms with Crippen LogP contribution in [0.25, 0.3) is 0 Å². The van der Waals surface area contributed by atoms with Gasteiger partial charge in [0.1, 0.15) is 0 Å². The molecule has 0 spiro atoms. The van der Waals surface area contributed by atoms with E-state index >= 15 is 0 Å². The third-order valence-corrected chi connectivity index (χ3v) is 2.65. The molecule has 2 unspecified atom stereocenters. The molecule has 1 saturated heterocycles. The van der Waals surface area contributed by atoms with Crippen LogP contribution < -0.4 is 11.1 Å². The second-order valence-corrected chi connectivity index (χ2v) is 3.90. The number of hydrogen-bond donors (Lipinski definition) is 2. The lowest BCUT2D eigenvalue weighted by Crippen LogP contribution is -2.45. The Hall–Kier alpha value is -0.680. The summed E-state index contributed by atoms with van der Waals surface area (Å²) in [4.78, 5) is 12.0. The van der Waals surface area contributed by atoms with Crippen LogP contribution in [-0.2, 0) is 9.53 Å². The van der Waals surface area contributed by atoms with E-state index in [1.54, 1.807) is 0 Å². The van der Waals surface area contributed by atoms with Gasteiger partial charge in [0, 0.05) is 6.61 Å². The summed E-state index contributed by atoms with van der Waals surface area (Å²) in [6, 6.07) is -0.182. The molecule has 0 aromatic heterocycles. The van der Waals surface area contributed by atoms with E-state index in [1.807, 2.05) is 6.92 Å². The molecule has 0 radical (unpaired) electrons. The number of amides is 1. The summed E-state index contributed by atoms with van der Waals surface area (Å²) >= 11 is 4.84. The number of rotatable bonds is 4. The highest BCUT2D eigenvalue weighted by Gasteiger charge is 2.25. The van der Waals surface area contributed by atoms with Crippen molar-refractivity contribution in [3.63, 3.8) is 0 Å². The number of carbonyl (C=O) groups is 1. The van der Waals surface area contributed by atoms with Gasteiger partial charge >= 0.3 is 0 Å². The van der Waals surface area contributed by atoms with Crippen LogP contribution in [-0.4, -0.2) is 30.2 Å². The van der Waals surface area contributed by atoms with Gasteiger partial charge in [0.25, 0.3) is 0 Å². The monoisotopic (exact) mass is 216 g/mol. The average molecular weight is 216 g/mol. The molecule has 80 valence electrons. The third-order valence-electron chi connectivity index (χ3n) is 2.37. The van der Waals surface area contributed by atoms with E-state index in [4.69, 9.17) is 22.7 Å². The van der Waals surface area contributed by atoms with Gasteiger partial charge in [-0.05, 0) is 12.8 Å². The van der Waals surface area contributed by atoms with Gasteiger partial charge in [0.15, 0.2) is 0 Å². The van der Waals surface area contributed by atoms with Crippen molar-refractivity contribution < 1.29 is 9.53 Å². The molecule has 3 N–H and O–H groups in total.